The van der Waals surface area contributed by atoms with Gasteiger partial charge >= 0.3 is 6.03 Å². The van der Waals surface area contributed by atoms with Gasteiger partial charge in [-0.25, -0.2) is 13.6 Å². The molecule has 1 aromatic carbocycles. The van der Waals surface area contributed by atoms with Crippen molar-refractivity contribution in [3.63, 3.8) is 0 Å². The lowest BCUT2D eigenvalue weighted by atomic mass is 10.1. The summed E-state index contributed by atoms with van der Waals surface area (Å²) in [6, 6.07) is 2.70. The molecule has 0 bridgehead atoms. The second-order valence-electron chi connectivity index (χ2n) is 5.56. The molecule has 0 unspecified atom stereocenters. The molecule has 1 heterocycles. The zero-order chi connectivity index (χ0) is 17.0. The van der Waals surface area contributed by atoms with Crippen LogP contribution in [-0.4, -0.2) is 47.9 Å². The van der Waals surface area contributed by atoms with Crippen molar-refractivity contribution in [1.82, 2.24) is 15.1 Å². The predicted octanol–water partition coefficient (Wildman–Crippen LogP) is 2.29. The fraction of sp³-hybridized carbons (Fsp3) is 0.500. The first kappa shape index (κ1) is 17.2. The van der Waals surface area contributed by atoms with Crippen LogP contribution >= 0.6 is 0 Å². The van der Waals surface area contributed by atoms with Crippen molar-refractivity contribution in [2.75, 3.05) is 26.2 Å². The van der Waals surface area contributed by atoms with Crippen LogP contribution < -0.4 is 5.32 Å². The summed E-state index contributed by atoms with van der Waals surface area (Å²) < 4.78 is 27.0. The number of nitrogens with zero attached hydrogens (tertiary/aromatic N) is 2. The molecule has 1 fully saturated rings. The standard InChI is InChI=1S/C16H21F2N3O2/c1-3-20-8-5-9-21(10-14(20)22)16(23)19-11(2)12-6-4-7-13(17)15(12)18/h4,6-7,11H,3,5,8-10H2,1-2H3,(H,19,23)/t11-/m1/s1. The van der Waals surface area contributed by atoms with Crippen molar-refractivity contribution in [3.05, 3.63) is 35.4 Å². The maximum atomic E-state index is 13.8. The first-order chi connectivity index (χ1) is 10.9. The minimum atomic E-state index is -0.968. The molecule has 0 spiro atoms. The molecule has 1 aliphatic rings. The van der Waals surface area contributed by atoms with E-state index in [1.165, 1.54) is 17.0 Å². The molecule has 1 saturated heterocycles. The Balaban J connectivity index is 2.03. The molecule has 0 aliphatic carbocycles. The topological polar surface area (TPSA) is 52.6 Å². The molecule has 3 amide bonds. The van der Waals surface area contributed by atoms with Crippen LogP contribution in [-0.2, 0) is 4.79 Å². The fourth-order valence-corrected chi connectivity index (χ4v) is 2.64. The monoisotopic (exact) mass is 325 g/mol. The molecule has 1 aliphatic heterocycles. The van der Waals surface area contributed by atoms with Crippen LogP contribution in [0.5, 0.6) is 0 Å². The van der Waals surface area contributed by atoms with Gasteiger partial charge < -0.3 is 15.1 Å². The van der Waals surface area contributed by atoms with Crippen LogP contribution in [0, 0.1) is 11.6 Å². The molecule has 1 N–H and O–H groups in total. The van der Waals surface area contributed by atoms with E-state index in [2.05, 4.69) is 5.32 Å². The minimum absolute atomic E-state index is 0.00196. The highest BCUT2D eigenvalue weighted by Gasteiger charge is 2.25. The third-order valence-electron chi connectivity index (χ3n) is 3.99. The molecule has 2 rings (SSSR count). The lowest BCUT2D eigenvalue weighted by Gasteiger charge is -2.24. The number of benzene rings is 1. The van der Waals surface area contributed by atoms with Gasteiger partial charge in [-0.05, 0) is 26.3 Å². The van der Waals surface area contributed by atoms with Gasteiger partial charge in [-0.15, -0.1) is 0 Å². The predicted molar refractivity (Wildman–Crippen MR) is 81.7 cm³/mol. The Labute approximate surface area is 134 Å². The van der Waals surface area contributed by atoms with Crippen molar-refractivity contribution in [3.8, 4) is 0 Å². The van der Waals surface area contributed by atoms with E-state index in [0.717, 1.165) is 6.07 Å². The lowest BCUT2D eigenvalue weighted by molar-refractivity contribution is -0.130. The number of likely N-dealkylation sites (N-methyl/N-ethyl adjacent to an activating group) is 1. The Morgan fingerprint density at radius 3 is 2.78 bits per heavy atom. The number of nitrogens with one attached hydrogen (secondary N) is 1. The third-order valence-corrected chi connectivity index (χ3v) is 3.99. The van der Waals surface area contributed by atoms with Gasteiger partial charge in [-0.1, -0.05) is 12.1 Å². The number of rotatable bonds is 3. The Kier molecular flexibility index (Phi) is 5.52. The maximum Gasteiger partial charge on any atom is 0.318 e. The highest BCUT2D eigenvalue weighted by atomic mass is 19.2. The molecule has 7 heteroatoms. The molecule has 0 saturated carbocycles. The maximum absolute atomic E-state index is 13.8. The zero-order valence-corrected chi connectivity index (χ0v) is 13.3. The summed E-state index contributed by atoms with van der Waals surface area (Å²) in [7, 11) is 0. The smallest absolute Gasteiger partial charge is 0.318 e. The quantitative estimate of drug-likeness (QED) is 0.927. The molecule has 0 aromatic heterocycles. The second-order valence-corrected chi connectivity index (χ2v) is 5.56. The molecule has 1 atom stereocenters. The SMILES string of the molecule is CCN1CCCN(C(=O)N[C@H](C)c2cccc(F)c2F)CC1=O. The molecule has 5 nitrogen and oxygen atoms in total. The van der Waals surface area contributed by atoms with Gasteiger partial charge in [0.05, 0.1) is 6.04 Å². The summed E-state index contributed by atoms with van der Waals surface area (Å²) in [4.78, 5) is 27.4. The number of hydrogen-bond donors (Lipinski definition) is 1. The van der Waals surface area contributed by atoms with Crippen LogP contribution in [0.25, 0.3) is 0 Å². The van der Waals surface area contributed by atoms with Crippen molar-refractivity contribution in [1.29, 1.82) is 0 Å². The summed E-state index contributed by atoms with van der Waals surface area (Å²) in [6.45, 7) is 5.15. The van der Waals surface area contributed by atoms with Gasteiger partial charge in [0.1, 0.15) is 6.54 Å². The van der Waals surface area contributed by atoms with E-state index in [1.54, 1.807) is 11.8 Å². The molecule has 0 radical (unpaired) electrons. The van der Waals surface area contributed by atoms with E-state index in [4.69, 9.17) is 0 Å². The first-order valence-corrected chi connectivity index (χ1v) is 7.71. The first-order valence-electron chi connectivity index (χ1n) is 7.71. The highest BCUT2D eigenvalue weighted by Crippen LogP contribution is 2.19. The zero-order valence-electron chi connectivity index (χ0n) is 13.3. The second kappa shape index (κ2) is 7.39. The normalized spacial score (nSPS) is 17.0. The molecule has 1 aromatic rings. The van der Waals surface area contributed by atoms with Crippen LogP contribution in [0.15, 0.2) is 18.2 Å². The van der Waals surface area contributed by atoms with Crippen molar-refractivity contribution in [2.45, 2.75) is 26.3 Å². The number of hydrogen-bond acceptors (Lipinski definition) is 2. The summed E-state index contributed by atoms with van der Waals surface area (Å²) in [5.41, 5.74) is 0.0784. The van der Waals surface area contributed by atoms with Gasteiger partial charge in [-0.2, -0.15) is 0 Å². The van der Waals surface area contributed by atoms with Crippen LogP contribution in [0.3, 0.4) is 0 Å². The lowest BCUT2D eigenvalue weighted by Crippen LogP contribution is -2.45. The van der Waals surface area contributed by atoms with Gasteiger partial charge in [-0.3, -0.25) is 4.79 Å². The van der Waals surface area contributed by atoms with Gasteiger partial charge in [0, 0.05) is 25.2 Å². The van der Waals surface area contributed by atoms with Crippen LogP contribution in [0.4, 0.5) is 13.6 Å². The van der Waals surface area contributed by atoms with E-state index >= 15 is 0 Å². The fourth-order valence-electron chi connectivity index (χ4n) is 2.64. The number of halogens is 2. The van der Waals surface area contributed by atoms with Gasteiger partial charge in [0.25, 0.3) is 0 Å². The van der Waals surface area contributed by atoms with Crippen LogP contribution in [0.1, 0.15) is 31.9 Å². The number of urea groups is 1. The largest absolute Gasteiger partial charge is 0.341 e. The molecular weight excluding hydrogens is 304 g/mol. The minimum Gasteiger partial charge on any atom is -0.341 e. The number of carbonyl (C=O) groups excluding carboxylic acids is 2. The van der Waals surface area contributed by atoms with E-state index in [1.807, 2.05) is 6.92 Å². The summed E-state index contributed by atoms with van der Waals surface area (Å²) >= 11 is 0. The Bertz CT molecular complexity index is 595. The van der Waals surface area contributed by atoms with Crippen LogP contribution in [0.2, 0.25) is 0 Å². The third kappa shape index (κ3) is 3.97. The molecule has 126 valence electrons. The highest BCUT2D eigenvalue weighted by molar-refractivity contribution is 5.84. The van der Waals surface area contributed by atoms with Gasteiger partial charge in [0.2, 0.25) is 5.91 Å². The van der Waals surface area contributed by atoms with Crippen molar-refractivity contribution < 1.29 is 18.4 Å². The molecular formula is C16H21F2N3O2. The Hall–Kier alpha value is -2.18. The van der Waals surface area contributed by atoms with E-state index in [0.29, 0.717) is 26.1 Å². The number of carbonyl (C=O) groups is 2. The Morgan fingerprint density at radius 2 is 2.09 bits per heavy atom. The van der Waals surface area contributed by atoms with E-state index < -0.39 is 23.7 Å². The summed E-state index contributed by atoms with van der Waals surface area (Å²) in [5.74, 6) is -2.03. The average molecular weight is 325 g/mol. The van der Waals surface area contributed by atoms with Crippen molar-refractivity contribution in [2.24, 2.45) is 0 Å². The molecule has 23 heavy (non-hydrogen) atoms. The van der Waals surface area contributed by atoms with E-state index in [9.17, 15) is 18.4 Å². The van der Waals surface area contributed by atoms with E-state index in [-0.39, 0.29) is 18.0 Å². The average Bonchev–Trinajstić information content (AvgIpc) is 2.71. The summed E-state index contributed by atoms with van der Waals surface area (Å²) in [6.07, 6.45) is 0.690. The number of amides is 3. The summed E-state index contributed by atoms with van der Waals surface area (Å²) in [5, 5.41) is 2.62. The van der Waals surface area contributed by atoms with Gasteiger partial charge in [0.15, 0.2) is 11.6 Å². The Morgan fingerprint density at radius 1 is 1.35 bits per heavy atom. The van der Waals surface area contributed by atoms with Crippen molar-refractivity contribution >= 4 is 11.9 Å².